The fourth-order valence-corrected chi connectivity index (χ4v) is 3.33. The van der Waals surface area contributed by atoms with Crippen LogP contribution in [-0.4, -0.2) is 30.0 Å². The van der Waals surface area contributed by atoms with Crippen molar-refractivity contribution in [1.82, 2.24) is 9.78 Å². The van der Waals surface area contributed by atoms with Crippen molar-refractivity contribution >= 4 is 39.5 Å². The number of esters is 1. The van der Waals surface area contributed by atoms with Gasteiger partial charge in [0.2, 0.25) is 0 Å². The summed E-state index contributed by atoms with van der Waals surface area (Å²) in [5.74, 6) is 0.505. The summed E-state index contributed by atoms with van der Waals surface area (Å²) < 4.78 is 12.9. The van der Waals surface area contributed by atoms with Crippen LogP contribution in [0.15, 0.2) is 36.4 Å². The molecule has 6 heteroatoms. The Morgan fingerprint density at radius 3 is 2.54 bits per heavy atom. The molecule has 0 saturated carbocycles. The van der Waals surface area contributed by atoms with Gasteiger partial charge in [0, 0.05) is 5.39 Å². The van der Waals surface area contributed by atoms with Crippen molar-refractivity contribution in [3.63, 3.8) is 0 Å². The highest BCUT2D eigenvalue weighted by Gasteiger charge is 2.16. The maximum absolute atomic E-state index is 11.9. The van der Waals surface area contributed by atoms with Crippen LogP contribution < -0.4 is 4.74 Å². The number of aryl methyl sites for hydroxylation is 1. The van der Waals surface area contributed by atoms with Crippen LogP contribution in [0.1, 0.15) is 21.5 Å². The fourth-order valence-electron chi connectivity index (χ4n) is 2.64. The highest BCUT2D eigenvalue weighted by molar-refractivity contribution is 14.1. The average molecular weight is 436 g/mol. The van der Waals surface area contributed by atoms with E-state index >= 15 is 0 Å². The van der Waals surface area contributed by atoms with Crippen molar-refractivity contribution in [2.24, 2.45) is 0 Å². The smallest absolute Gasteiger partial charge is 0.338 e. The van der Waals surface area contributed by atoms with Crippen LogP contribution in [0.3, 0.4) is 0 Å². The molecule has 3 aromatic rings. The van der Waals surface area contributed by atoms with Gasteiger partial charge in [0.1, 0.15) is 9.45 Å². The zero-order valence-electron chi connectivity index (χ0n) is 13.7. The zero-order valence-corrected chi connectivity index (χ0v) is 15.8. The second-order valence-corrected chi connectivity index (χ2v) is 6.49. The highest BCUT2D eigenvalue weighted by Crippen LogP contribution is 2.26. The number of halogens is 1. The molecule has 0 spiro atoms. The second-order valence-electron chi connectivity index (χ2n) is 5.47. The standard InChI is InChI=1S/C18H17IN2O3/c1-11-8-16-15(9-14(11)18(22)24-3)17(19)20-21(16)10-12-4-6-13(23-2)7-5-12/h4-9H,10H2,1-3H3. The summed E-state index contributed by atoms with van der Waals surface area (Å²) in [5.41, 5.74) is 3.58. The predicted molar refractivity (Wildman–Crippen MR) is 101 cm³/mol. The van der Waals surface area contributed by atoms with Crippen LogP contribution in [-0.2, 0) is 11.3 Å². The van der Waals surface area contributed by atoms with Crippen molar-refractivity contribution in [1.29, 1.82) is 0 Å². The molecular formula is C18H17IN2O3. The average Bonchev–Trinajstić information content (AvgIpc) is 2.89. The molecule has 0 bridgehead atoms. The summed E-state index contributed by atoms with van der Waals surface area (Å²) in [6.07, 6.45) is 0. The van der Waals surface area contributed by atoms with Gasteiger partial charge in [0.15, 0.2) is 0 Å². The number of aromatic nitrogens is 2. The minimum atomic E-state index is -0.326. The van der Waals surface area contributed by atoms with E-state index in [9.17, 15) is 4.79 Å². The SMILES string of the molecule is COC(=O)c1cc2c(I)nn(Cc3ccc(OC)cc3)c2cc1C. The van der Waals surface area contributed by atoms with Gasteiger partial charge in [0.25, 0.3) is 0 Å². The third kappa shape index (κ3) is 3.10. The first kappa shape index (κ1) is 16.8. The van der Waals surface area contributed by atoms with E-state index in [1.54, 1.807) is 7.11 Å². The second kappa shape index (κ2) is 6.80. The van der Waals surface area contributed by atoms with Gasteiger partial charge in [-0.05, 0) is 64.9 Å². The third-order valence-corrected chi connectivity index (χ3v) is 4.75. The molecule has 0 aliphatic carbocycles. The number of rotatable bonds is 4. The van der Waals surface area contributed by atoms with Gasteiger partial charge < -0.3 is 9.47 Å². The molecule has 0 atom stereocenters. The lowest BCUT2D eigenvalue weighted by atomic mass is 10.1. The lowest BCUT2D eigenvalue weighted by Gasteiger charge is -2.07. The summed E-state index contributed by atoms with van der Waals surface area (Å²) >= 11 is 2.19. The van der Waals surface area contributed by atoms with Gasteiger partial charge in [0.05, 0.1) is 31.8 Å². The zero-order chi connectivity index (χ0) is 17.3. The van der Waals surface area contributed by atoms with E-state index in [2.05, 4.69) is 27.7 Å². The van der Waals surface area contributed by atoms with Gasteiger partial charge in [-0.3, -0.25) is 4.68 Å². The van der Waals surface area contributed by atoms with Crippen LogP contribution in [0.2, 0.25) is 0 Å². The van der Waals surface area contributed by atoms with Crippen molar-refractivity contribution in [3.8, 4) is 5.75 Å². The normalized spacial score (nSPS) is 10.8. The molecule has 0 aliphatic rings. The molecule has 5 nitrogen and oxygen atoms in total. The first-order valence-corrected chi connectivity index (χ1v) is 8.49. The largest absolute Gasteiger partial charge is 0.497 e. The number of hydrogen-bond acceptors (Lipinski definition) is 4. The molecule has 1 aromatic heterocycles. The van der Waals surface area contributed by atoms with Crippen molar-refractivity contribution in [2.45, 2.75) is 13.5 Å². The van der Waals surface area contributed by atoms with Gasteiger partial charge in [-0.25, -0.2) is 4.79 Å². The number of nitrogens with zero attached hydrogens (tertiary/aromatic N) is 2. The molecule has 3 rings (SSSR count). The summed E-state index contributed by atoms with van der Waals surface area (Å²) in [4.78, 5) is 11.9. The fraction of sp³-hybridized carbons (Fsp3) is 0.222. The molecule has 0 unspecified atom stereocenters. The topological polar surface area (TPSA) is 53.3 Å². The Bertz CT molecular complexity index is 901. The van der Waals surface area contributed by atoms with E-state index in [4.69, 9.17) is 9.47 Å². The number of carbonyl (C=O) groups excluding carboxylic acids is 1. The highest BCUT2D eigenvalue weighted by atomic mass is 127. The molecule has 0 aliphatic heterocycles. The molecule has 0 saturated heterocycles. The van der Waals surface area contributed by atoms with Gasteiger partial charge in [-0.2, -0.15) is 5.10 Å². The molecule has 0 radical (unpaired) electrons. The summed E-state index contributed by atoms with van der Waals surface area (Å²) in [6.45, 7) is 2.56. The maximum atomic E-state index is 11.9. The monoisotopic (exact) mass is 436 g/mol. The number of ether oxygens (including phenoxy) is 2. The Hall–Kier alpha value is -2.09. The number of methoxy groups -OCH3 is 2. The molecule has 0 fully saturated rings. The minimum Gasteiger partial charge on any atom is -0.497 e. The first-order valence-electron chi connectivity index (χ1n) is 7.41. The van der Waals surface area contributed by atoms with E-state index < -0.39 is 0 Å². The summed E-state index contributed by atoms with van der Waals surface area (Å²) in [6, 6.07) is 11.8. The molecular weight excluding hydrogens is 419 g/mol. The molecule has 2 aromatic carbocycles. The molecule has 124 valence electrons. The molecule has 0 amide bonds. The minimum absolute atomic E-state index is 0.326. The van der Waals surface area contributed by atoms with Crippen LogP contribution in [0, 0.1) is 10.6 Å². The number of hydrogen-bond donors (Lipinski definition) is 0. The Morgan fingerprint density at radius 1 is 1.21 bits per heavy atom. The Kier molecular flexibility index (Phi) is 4.75. The van der Waals surface area contributed by atoms with Crippen molar-refractivity contribution in [2.75, 3.05) is 14.2 Å². The lowest BCUT2D eigenvalue weighted by molar-refractivity contribution is 0.0600. The predicted octanol–water partition coefficient (Wildman–Crippen LogP) is 3.79. The van der Waals surface area contributed by atoms with Crippen LogP contribution in [0.25, 0.3) is 10.9 Å². The van der Waals surface area contributed by atoms with Crippen molar-refractivity contribution in [3.05, 3.63) is 56.8 Å². The summed E-state index contributed by atoms with van der Waals surface area (Å²) in [5, 5.41) is 5.57. The molecule has 0 N–H and O–H groups in total. The maximum Gasteiger partial charge on any atom is 0.338 e. The van der Waals surface area contributed by atoms with Gasteiger partial charge in [-0.15, -0.1) is 0 Å². The van der Waals surface area contributed by atoms with Gasteiger partial charge in [-0.1, -0.05) is 12.1 Å². The lowest BCUT2D eigenvalue weighted by Crippen LogP contribution is -2.05. The number of fused-ring (bicyclic) bond motifs is 1. The van der Waals surface area contributed by atoms with E-state index in [1.807, 2.05) is 48.0 Å². The molecule has 1 heterocycles. The van der Waals surface area contributed by atoms with Crippen LogP contribution in [0.5, 0.6) is 5.75 Å². The number of benzene rings is 2. The third-order valence-electron chi connectivity index (χ3n) is 3.95. The Morgan fingerprint density at radius 2 is 1.92 bits per heavy atom. The van der Waals surface area contributed by atoms with E-state index in [1.165, 1.54) is 7.11 Å². The Balaban J connectivity index is 2.02. The van der Waals surface area contributed by atoms with E-state index in [-0.39, 0.29) is 5.97 Å². The van der Waals surface area contributed by atoms with E-state index in [0.717, 1.165) is 31.5 Å². The summed E-state index contributed by atoms with van der Waals surface area (Å²) in [7, 11) is 3.05. The first-order chi connectivity index (χ1) is 11.5. The Labute approximate surface area is 153 Å². The van der Waals surface area contributed by atoms with Crippen LogP contribution >= 0.6 is 22.6 Å². The van der Waals surface area contributed by atoms with E-state index in [0.29, 0.717) is 12.1 Å². The number of carbonyl (C=O) groups is 1. The molecule has 24 heavy (non-hydrogen) atoms. The van der Waals surface area contributed by atoms with Crippen LogP contribution in [0.4, 0.5) is 0 Å². The van der Waals surface area contributed by atoms with Gasteiger partial charge >= 0.3 is 5.97 Å². The quantitative estimate of drug-likeness (QED) is 0.462. The van der Waals surface area contributed by atoms with Crippen molar-refractivity contribution < 1.29 is 14.3 Å².